The Kier molecular flexibility index (Phi) is 12.9. The molecule has 1 aromatic heterocycles. The molecule has 0 aliphatic carbocycles. The molecule has 0 amide bonds. The Balaban J connectivity index is 0.00000271. The average Bonchev–Trinajstić information content (AvgIpc) is 3.24. The van der Waals surface area contributed by atoms with Crippen LogP contribution in [0.4, 0.5) is 4.39 Å². The molecule has 2 aliphatic heterocycles. The molecule has 45 heavy (non-hydrogen) atoms. The number of carbonyl (C=O) groups is 1. The summed E-state index contributed by atoms with van der Waals surface area (Å²) in [5.41, 5.74) is 5.66. The minimum absolute atomic E-state index is 0.0160. The number of hydrogen-bond donors (Lipinski definition) is 0. The van der Waals surface area contributed by atoms with Gasteiger partial charge in [0.05, 0.1) is 37.1 Å². The third-order valence-corrected chi connectivity index (χ3v) is 7.35. The van der Waals surface area contributed by atoms with Crippen LogP contribution in [0, 0.1) is 11.7 Å². The van der Waals surface area contributed by atoms with Gasteiger partial charge in [-0.15, -0.1) is 0 Å². The van der Waals surface area contributed by atoms with Crippen molar-refractivity contribution in [3.05, 3.63) is 89.7 Å². The molecule has 2 aliphatic rings. The first kappa shape index (κ1) is 35.9. The van der Waals surface area contributed by atoms with E-state index in [-0.39, 0.29) is 36.1 Å². The zero-order chi connectivity index (χ0) is 33.3. The zero-order valence-electron chi connectivity index (χ0n) is 28.2. The number of rotatable bonds is 7. The topological polar surface area (TPSA) is 66.9 Å². The summed E-state index contributed by atoms with van der Waals surface area (Å²) in [7, 11) is 0. The standard InChI is InChI=1S/C36H44FNO5.C2H6/c1-9-10-31-23(4)35-30(17-18-40-31)33(26-12-14-27(37)15-13-26)29(34(38-35)22(2)3)16-11-25-19-28(42-24(5)41-21-25)20-32(39)43-36(6,7)8;1-2/h9-16,22,24-25,28H,1,4,17-21H2,2-3,5-8H3;1-2H3/b16-11+,31-10+;/t24?,25-,28-;/m1./s1. The summed E-state index contributed by atoms with van der Waals surface area (Å²) in [5, 5.41) is 0. The highest BCUT2D eigenvalue weighted by atomic mass is 19.1. The van der Waals surface area contributed by atoms with Gasteiger partial charge in [-0.25, -0.2) is 4.39 Å². The molecule has 7 heteroatoms. The van der Waals surface area contributed by atoms with Crippen LogP contribution in [-0.4, -0.2) is 42.2 Å². The van der Waals surface area contributed by atoms with Crippen molar-refractivity contribution in [2.24, 2.45) is 5.92 Å². The number of aromatic nitrogens is 1. The summed E-state index contributed by atoms with van der Waals surface area (Å²) in [4.78, 5) is 17.8. The van der Waals surface area contributed by atoms with Gasteiger partial charge in [-0.2, -0.15) is 0 Å². The number of ether oxygens (including phenoxy) is 4. The Labute approximate surface area is 269 Å². The van der Waals surface area contributed by atoms with Crippen LogP contribution in [0.5, 0.6) is 0 Å². The molecule has 6 nitrogen and oxygen atoms in total. The lowest BCUT2D eigenvalue weighted by Crippen LogP contribution is -2.29. The second-order valence-corrected chi connectivity index (χ2v) is 12.4. The molecule has 1 saturated heterocycles. The van der Waals surface area contributed by atoms with Crippen molar-refractivity contribution in [2.45, 2.75) is 98.6 Å². The molecule has 244 valence electrons. The van der Waals surface area contributed by atoms with Gasteiger partial charge in [0, 0.05) is 23.5 Å². The molecule has 0 N–H and O–H groups in total. The molecule has 1 fully saturated rings. The van der Waals surface area contributed by atoms with Crippen molar-refractivity contribution in [1.29, 1.82) is 0 Å². The lowest BCUT2D eigenvalue weighted by atomic mass is 9.86. The average molecular weight is 620 g/mol. The first-order valence-corrected chi connectivity index (χ1v) is 16.0. The molecular formula is C38H50FNO5. The van der Waals surface area contributed by atoms with Crippen molar-refractivity contribution in [3.63, 3.8) is 0 Å². The second kappa shape index (κ2) is 16.1. The van der Waals surface area contributed by atoms with Gasteiger partial charge in [-0.05, 0) is 74.9 Å². The van der Waals surface area contributed by atoms with Crippen LogP contribution in [0.1, 0.15) is 96.7 Å². The van der Waals surface area contributed by atoms with E-state index in [1.165, 1.54) is 12.1 Å². The van der Waals surface area contributed by atoms with E-state index >= 15 is 0 Å². The summed E-state index contributed by atoms with van der Waals surface area (Å²) < 4.78 is 37.6. The van der Waals surface area contributed by atoms with Gasteiger partial charge < -0.3 is 18.9 Å². The molecule has 1 unspecified atom stereocenters. The van der Waals surface area contributed by atoms with Crippen LogP contribution in [0.15, 0.2) is 61.4 Å². The Morgan fingerprint density at radius 1 is 1.20 bits per heavy atom. The van der Waals surface area contributed by atoms with E-state index in [0.717, 1.165) is 33.6 Å². The Morgan fingerprint density at radius 3 is 2.51 bits per heavy atom. The van der Waals surface area contributed by atoms with Crippen LogP contribution in [0.3, 0.4) is 0 Å². The maximum atomic E-state index is 14.1. The highest BCUT2D eigenvalue weighted by Gasteiger charge is 2.29. The Bertz CT molecular complexity index is 1400. The summed E-state index contributed by atoms with van der Waals surface area (Å²) in [6.45, 7) is 24.7. The fourth-order valence-electron chi connectivity index (χ4n) is 5.53. The fraction of sp³-hybridized carbons (Fsp3) is 0.474. The number of allylic oxidation sites excluding steroid dienone is 3. The molecule has 0 bridgehead atoms. The third-order valence-electron chi connectivity index (χ3n) is 7.35. The van der Waals surface area contributed by atoms with Crippen LogP contribution in [0.25, 0.3) is 22.8 Å². The Hall–Kier alpha value is -3.55. The summed E-state index contributed by atoms with van der Waals surface area (Å²) in [5.74, 6) is 0.122. The van der Waals surface area contributed by atoms with E-state index in [1.54, 1.807) is 6.08 Å². The normalized spacial score (nSPS) is 21.3. The largest absolute Gasteiger partial charge is 0.493 e. The first-order valence-electron chi connectivity index (χ1n) is 16.0. The summed E-state index contributed by atoms with van der Waals surface area (Å²) in [6, 6.07) is 6.58. The van der Waals surface area contributed by atoms with Crippen molar-refractivity contribution >= 4 is 17.6 Å². The number of hydrogen-bond acceptors (Lipinski definition) is 6. The summed E-state index contributed by atoms with van der Waals surface area (Å²) in [6.07, 6.45) is 8.29. The predicted molar refractivity (Wildman–Crippen MR) is 180 cm³/mol. The SMILES string of the molecule is C=C/C=C1/OCCc2c(nc(C(C)C)c(/C=C/[C@H]3COC(C)O[C@@H](CC(=O)OC(C)(C)C)C3)c2-c2ccc(F)cc2)C1=C.CC. The van der Waals surface area contributed by atoms with Crippen molar-refractivity contribution < 1.29 is 28.1 Å². The quantitative estimate of drug-likeness (QED) is 0.288. The molecule has 1 aromatic carbocycles. The second-order valence-electron chi connectivity index (χ2n) is 12.4. The number of pyridine rings is 1. The maximum absolute atomic E-state index is 14.1. The van der Waals surface area contributed by atoms with Crippen LogP contribution < -0.4 is 0 Å². The molecule has 0 spiro atoms. The smallest absolute Gasteiger partial charge is 0.308 e. The highest BCUT2D eigenvalue weighted by Crippen LogP contribution is 2.40. The lowest BCUT2D eigenvalue weighted by molar-refractivity contribution is -0.168. The molecule has 0 saturated carbocycles. The van der Waals surface area contributed by atoms with Crippen LogP contribution in [-0.2, 0) is 30.2 Å². The van der Waals surface area contributed by atoms with Gasteiger partial charge in [-0.1, -0.05) is 71.2 Å². The molecule has 2 aromatic rings. The van der Waals surface area contributed by atoms with E-state index in [9.17, 15) is 9.18 Å². The predicted octanol–water partition coefficient (Wildman–Crippen LogP) is 9.21. The number of esters is 1. The Morgan fingerprint density at radius 2 is 1.89 bits per heavy atom. The van der Waals surface area contributed by atoms with E-state index in [2.05, 4.69) is 39.2 Å². The van der Waals surface area contributed by atoms with Gasteiger partial charge >= 0.3 is 5.97 Å². The van der Waals surface area contributed by atoms with Gasteiger partial charge in [0.2, 0.25) is 0 Å². The number of halogens is 1. The first-order chi connectivity index (χ1) is 21.4. The highest BCUT2D eigenvalue weighted by molar-refractivity contribution is 5.86. The van der Waals surface area contributed by atoms with Crippen LogP contribution >= 0.6 is 0 Å². The molecule has 3 atom stereocenters. The van der Waals surface area contributed by atoms with Crippen molar-refractivity contribution in [1.82, 2.24) is 4.98 Å². The van der Waals surface area contributed by atoms with E-state index in [0.29, 0.717) is 37.4 Å². The monoisotopic (exact) mass is 619 g/mol. The number of benzene rings is 1. The van der Waals surface area contributed by atoms with Gasteiger partial charge in [0.25, 0.3) is 0 Å². The van der Waals surface area contributed by atoms with E-state index < -0.39 is 11.9 Å². The van der Waals surface area contributed by atoms with Gasteiger partial charge in [0.15, 0.2) is 6.29 Å². The molecular weight excluding hydrogens is 569 g/mol. The fourth-order valence-corrected chi connectivity index (χ4v) is 5.53. The van der Waals surface area contributed by atoms with E-state index in [4.69, 9.17) is 23.9 Å². The minimum Gasteiger partial charge on any atom is -0.493 e. The van der Waals surface area contributed by atoms with Gasteiger partial charge in [0.1, 0.15) is 17.2 Å². The summed E-state index contributed by atoms with van der Waals surface area (Å²) >= 11 is 0. The van der Waals surface area contributed by atoms with Crippen molar-refractivity contribution in [2.75, 3.05) is 13.2 Å². The third kappa shape index (κ3) is 9.72. The van der Waals surface area contributed by atoms with Crippen molar-refractivity contribution in [3.8, 4) is 11.1 Å². The minimum atomic E-state index is -0.565. The van der Waals surface area contributed by atoms with Crippen LogP contribution in [0.2, 0.25) is 0 Å². The maximum Gasteiger partial charge on any atom is 0.308 e. The van der Waals surface area contributed by atoms with E-state index in [1.807, 2.05) is 59.8 Å². The number of nitrogens with zero attached hydrogens (tertiary/aromatic N) is 1. The van der Waals surface area contributed by atoms with Gasteiger partial charge in [-0.3, -0.25) is 9.78 Å². The lowest BCUT2D eigenvalue weighted by Gasteiger charge is -2.23. The molecule has 0 radical (unpaired) electrons. The molecule has 4 rings (SSSR count). The number of carbonyl (C=O) groups excluding carboxylic acids is 1. The zero-order valence-corrected chi connectivity index (χ0v) is 28.2. The molecule has 3 heterocycles. The number of fused-ring (bicyclic) bond motifs is 1.